The molecule has 2 nitrogen and oxygen atoms in total. The molecule has 1 unspecified atom stereocenters. The van der Waals surface area contributed by atoms with Crippen molar-refractivity contribution in [3.8, 4) is 0 Å². The maximum atomic E-state index is 13.2. The van der Waals surface area contributed by atoms with Crippen molar-refractivity contribution in [2.24, 2.45) is 5.73 Å². The first-order valence-corrected chi connectivity index (χ1v) is 7.01. The second kappa shape index (κ2) is 7.06. The van der Waals surface area contributed by atoms with Gasteiger partial charge in [-0.25, -0.2) is 4.39 Å². The Hall–Kier alpha value is -1.87. The molecule has 3 heteroatoms. The second-order valence-corrected chi connectivity index (χ2v) is 4.87. The maximum Gasteiger partial charge on any atom is 0.123 e. The highest BCUT2D eigenvalue weighted by atomic mass is 19.1. The van der Waals surface area contributed by atoms with E-state index in [1.807, 2.05) is 24.3 Å². The zero-order valence-corrected chi connectivity index (χ0v) is 11.8. The molecule has 20 heavy (non-hydrogen) atoms. The van der Waals surface area contributed by atoms with Gasteiger partial charge in [0.25, 0.3) is 0 Å². The molecule has 0 saturated carbocycles. The highest BCUT2D eigenvalue weighted by molar-refractivity contribution is 5.45. The molecule has 1 atom stereocenters. The van der Waals surface area contributed by atoms with Gasteiger partial charge in [-0.3, -0.25) is 0 Å². The molecule has 2 rings (SSSR count). The number of para-hydroxylation sites is 1. The van der Waals surface area contributed by atoms with Gasteiger partial charge in [0, 0.05) is 24.8 Å². The molecule has 0 aliphatic rings. The monoisotopic (exact) mass is 272 g/mol. The molecule has 0 spiro atoms. The summed E-state index contributed by atoms with van der Waals surface area (Å²) in [6.07, 6.45) is 0.798. The Morgan fingerprint density at radius 1 is 1.10 bits per heavy atom. The van der Waals surface area contributed by atoms with Gasteiger partial charge in [0.05, 0.1) is 0 Å². The zero-order valence-electron chi connectivity index (χ0n) is 11.8. The Balaban J connectivity index is 1.96. The Kier molecular flexibility index (Phi) is 5.13. The summed E-state index contributed by atoms with van der Waals surface area (Å²) in [6, 6.07) is 16.7. The molecular weight excluding hydrogens is 251 g/mol. The minimum Gasteiger partial charge on any atom is -0.372 e. The minimum absolute atomic E-state index is 0.136. The van der Waals surface area contributed by atoms with Crippen molar-refractivity contribution < 1.29 is 4.39 Å². The number of nitrogens with two attached hydrogens (primary N) is 1. The average Bonchev–Trinajstić information content (AvgIpc) is 2.49. The van der Waals surface area contributed by atoms with E-state index in [2.05, 4.69) is 24.0 Å². The lowest BCUT2D eigenvalue weighted by Crippen LogP contribution is -2.27. The molecule has 2 N–H and O–H groups in total. The third-order valence-electron chi connectivity index (χ3n) is 3.49. The van der Waals surface area contributed by atoms with E-state index < -0.39 is 0 Å². The van der Waals surface area contributed by atoms with Crippen LogP contribution < -0.4 is 10.6 Å². The zero-order chi connectivity index (χ0) is 14.4. The van der Waals surface area contributed by atoms with Crippen molar-refractivity contribution in [3.05, 3.63) is 66.0 Å². The van der Waals surface area contributed by atoms with Crippen LogP contribution in [-0.4, -0.2) is 13.1 Å². The number of nitrogens with zero attached hydrogens (tertiary/aromatic N) is 1. The van der Waals surface area contributed by atoms with Gasteiger partial charge >= 0.3 is 0 Å². The van der Waals surface area contributed by atoms with E-state index in [1.54, 1.807) is 6.07 Å². The quantitative estimate of drug-likeness (QED) is 0.868. The van der Waals surface area contributed by atoms with E-state index in [0.717, 1.165) is 25.1 Å². The number of hydrogen-bond donors (Lipinski definition) is 1. The van der Waals surface area contributed by atoms with Gasteiger partial charge in [0.1, 0.15) is 5.82 Å². The molecule has 0 radical (unpaired) electrons. The lowest BCUT2D eigenvalue weighted by atomic mass is 10.0. The Bertz CT molecular complexity index is 528. The summed E-state index contributed by atoms with van der Waals surface area (Å²) in [7, 11) is 0. The van der Waals surface area contributed by atoms with Crippen molar-refractivity contribution in [1.82, 2.24) is 0 Å². The lowest BCUT2D eigenvalue weighted by Gasteiger charge is -2.25. The molecule has 0 bridgehead atoms. The first-order valence-electron chi connectivity index (χ1n) is 7.01. The molecule has 0 aliphatic heterocycles. The van der Waals surface area contributed by atoms with Gasteiger partial charge in [-0.2, -0.15) is 0 Å². The van der Waals surface area contributed by atoms with E-state index in [0.29, 0.717) is 0 Å². The molecule has 0 aliphatic carbocycles. The van der Waals surface area contributed by atoms with E-state index in [1.165, 1.54) is 17.8 Å². The standard InChI is InChI=1S/C17H21FN2/c1-2-20(16-9-4-3-5-10-16)12-11-17(19)14-7-6-8-15(18)13-14/h3-10,13,17H,2,11-12,19H2,1H3. The largest absolute Gasteiger partial charge is 0.372 e. The summed E-state index contributed by atoms with van der Waals surface area (Å²) in [4.78, 5) is 2.28. The van der Waals surface area contributed by atoms with Crippen molar-refractivity contribution in [3.63, 3.8) is 0 Å². The molecule has 2 aromatic rings. The van der Waals surface area contributed by atoms with Crippen LogP contribution in [0.3, 0.4) is 0 Å². The summed E-state index contributed by atoms with van der Waals surface area (Å²) < 4.78 is 13.2. The van der Waals surface area contributed by atoms with Crippen molar-refractivity contribution in [2.45, 2.75) is 19.4 Å². The van der Waals surface area contributed by atoms with Gasteiger partial charge < -0.3 is 10.6 Å². The molecule has 106 valence electrons. The summed E-state index contributed by atoms with van der Waals surface area (Å²) >= 11 is 0. The van der Waals surface area contributed by atoms with E-state index in [9.17, 15) is 4.39 Å². The molecule has 2 aromatic carbocycles. The lowest BCUT2D eigenvalue weighted by molar-refractivity contribution is 0.604. The molecule has 0 saturated heterocycles. The van der Waals surface area contributed by atoms with Crippen LogP contribution in [0.5, 0.6) is 0 Å². The van der Waals surface area contributed by atoms with Gasteiger partial charge in [-0.1, -0.05) is 30.3 Å². The van der Waals surface area contributed by atoms with E-state index in [-0.39, 0.29) is 11.9 Å². The second-order valence-electron chi connectivity index (χ2n) is 4.87. The fourth-order valence-electron chi connectivity index (χ4n) is 2.31. The van der Waals surface area contributed by atoms with Gasteiger partial charge in [-0.15, -0.1) is 0 Å². The third kappa shape index (κ3) is 3.81. The molecule has 0 aromatic heterocycles. The number of rotatable bonds is 6. The van der Waals surface area contributed by atoms with Crippen molar-refractivity contribution in [2.75, 3.05) is 18.0 Å². The molecule has 0 heterocycles. The van der Waals surface area contributed by atoms with Gasteiger partial charge in [-0.05, 0) is 43.2 Å². The summed E-state index contributed by atoms with van der Waals surface area (Å²) in [5.74, 6) is -0.228. The van der Waals surface area contributed by atoms with E-state index >= 15 is 0 Å². The highest BCUT2D eigenvalue weighted by Crippen LogP contribution is 2.18. The molecule has 0 fully saturated rings. The van der Waals surface area contributed by atoms with Crippen LogP contribution in [0.2, 0.25) is 0 Å². The fourth-order valence-corrected chi connectivity index (χ4v) is 2.31. The van der Waals surface area contributed by atoms with Crippen molar-refractivity contribution in [1.29, 1.82) is 0 Å². The first-order chi connectivity index (χ1) is 9.70. The van der Waals surface area contributed by atoms with Crippen LogP contribution >= 0.6 is 0 Å². The molecule has 0 amide bonds. The minimum atomic E-state index is -0.228. The van der Waals surface area contributed by atoms with Crippen LogP contribution in [0.1, 0.15) is 24.9 Å². The Morgan fingerprint density at radius 3 is 2.50 bits per heavy atom. The van der Waals surface area contributed by atoms with Crippen LogP contribution in [0.15, 0.2) is 54.6 Å². The topological polar surface area (TPSA) is 29.3 Å². The van der Waals surface area contributed by atoms with Crippen molar-refractivity contribution >= 4 is 5.69 Å². The Morgan fingerprint density at radius 2 is 1.85 bits per heavy atom. The number of benzene rings is 2. The Labute approximate surface area is 120 Å². The van der Waals surface area contributed by atoms with Crippen LogP contribution in [-0.2, 0) is 0 Å². The average molecular weight is 272 g/mol. The number of anilines is 1. The number of hydrogen-bond acceptors (Lipinski definition) is 2. The molecular formula is C17H21FN2. The predicted molar refractivity (Wildman–Crippen MR) is 82.3 cm³/mol. The van der Waals surface area contributed by atoms with E-state index in [4.69, 9.17) is 5.73 Å². The third-order valence-corrected chi connectivity index (χ3v) is 3.49. The SMILES string of the molecule is CCN(CCC(N)c1cccc(F)c1)c1ccccc1. The maximum absolute atomic E-state index is 13.2. The summed E-state index contributed by atoms with van der Waals surface area (Å²) in [5.41, 5.74) is 8.20. The van der Waals surface area contributed by atoms with Crippen LogP contribution in [0.4, 0.5) is 10.1 Å². The fraction of sp³-hybridized carbons (Fsp3) is 0.294. The highest BCUT2D eigenvalue weighted by Gasteiger charge is 2.10. The van der Waals surface area contributed by atoms with Gasteiger partial charge in [0.2, 0.25) is 0 Å². The van der Waals surface area contributed by atoms with Crippen LogP contribution in [0, 0.1) is 5.82 Å². The number of halogens is 1. The predicted octanol–water partition coefficient (Wildman–Crippen LogP) is 3.74. The van der Waals surface area contributed by atoms with Crippen LogP contribution in [0.25, 0.3) is 0 Å². The summed E-state index contributed by atoms with van der Waals surface area (Å²) in [6.45, 7) is 3.92. The smallest absolute Gasteiger partial charge is 0.123 e. The normalized spacial score (nSPS) is 12.2. The first kappa shape index (κ1) is 14.5. The van der Waals surface area contributed by atoms with Gasteiger partial charge in [0.15, 0.2) is 0 Å². The summed E-state index contributed by atoms with van der Waals surface area (Å²) in [5, 5.41) is 0.